The van der Waals surface area contributed by atoms with Gasteiger partial charge in [-0.2, -0.15) is 9.40 Å². The molecule has 0 atom stereocenters. The Hall–Kier alpha value is -2.78. The van der Waals surface area contributed by atoms with Gasteiger partial charge in [-0.15, -0.1) is 0 Å². The Morgan fingerprint density at radius 2 is 2.08 bits per heavy atom. The zero-order valence-corrected chi connectivity index (χ0v) is 14.9. The van der Waals surface area contributed by atoms with Gasteiger partial charge in [0.25, 0.3) is 5.91 Å². The molecule has 9 heteroatoms. The fourth-order valence-electron chi connectivity index (χ4n) is 3.18. The van der Waals surface area contributed by atoms with Crippen LogP contribution < -0.4 is 5.32 Å². The summed E-state index contributed by atoms with van der Waals surface area (Å²) in [6, 6.07) is 7.51. The number of sulfonamides is 1. The van der Waals surface area contributed by atoms with Crippen molar-refractivity contribution in [2.45, 2.75) is 13.0 Å². The molecule has 1 amide bonds. The van der Waals surface area contributed by atoms with Crippen molar-refractivity contribution in [2.75, 3.05) is 18.1 Å². The van der Waals surface area contributed by atoms with Gasteiger partial charge >= 0.3 is 0 Å². The summed E-state index contributed by atoms with van der Waals surface area (Å²) in [7, 11) is -3.28. The highest BCUT2D eigenvalue weighted by Gasteiger charge is 2.27. The summed E-state index contributed by atoms with van der Waals surface area (Å²) in [5.74, 6) is 0.149. The lowest BCUT2D eigenvalue weighted by Crippen LogP contribution is -2.36. The smallest absolute Gasteiger partial charge is 0.258 e. The van der Waals surface area contributed by atoms with Gasteiger partial charge in [-0.1, -0.05) is 12.1 Å². The van der Waals surface area contributed by atoms with Crippen molar-refractivity contribution in [2.24, 2.45) is 0 Å². The maximum atomic E-state index is 12.8. The average Bonchev–Trinajstić information content (AvgIpc) is 3.03. The first-order chi connectivity index (χ1) is 12.4. The van der Waals surface area contributed by atoms with E-state index in [-0.39, 0.29) is 12.5 Å². The monoisotopic (exact) mass is 371 g/mol. The van der Waals surface area contributed by atoms with Crippen LogP contribution >= 0.6 is 0 Å². The summed E-state index contributed by atoms with van der Waals surface area (Å²) in [5.41, 5.74) is 2.86. The average molecular weight is 371 g/mol. The summed E-state index contributed by atoms with van der Waals surface area (Å²) in [4.78, 5) is 16.9. The molecule has 1 aromatic carbocycles. The van der Waals surface area contributed by atoms with Gasteiger partial charge in [0.1, 0.15) is 0 Å². The second kappa shape index (κ2) is 6.19. The van der Waals surface area contributed by atoms with Crippen molar-refractivity contribution in [3.8, 4) is 0 Å². The van der Waals surface area contributed by atoms with E-state index in [1.54, 1.807) is 6.20 Å². The fraction of sp³-hybridized carbons (Fsp3) is 0.235. The van der Waals surface area contributed by atoms with Gasteiger partial charge in [-0.3, -0.25) is 14.9 Å². The number of benzene rings is 1. The van der Waals surface area contributed by atoms with Crippen molar-refractivity contribution in [3.63, 3.8) is 0 Å². The van der Waals surface area contributed by atoms with Gasteiger partial charge in [-0.05, 0) is 29.7 Å². The number of pyridine rings is 1. The largest absolute Gasteiger partial charge is 0.305 e. The molecule has 2 N–H and O–H groups in total. The quantitative estimate of drug-likeness (QED) is 0.726. The molecule has 0 unspecified atom stereocenters. The van der Waals surface area contributed by atoms with E-state index in [2.05, 4.69) is 20.5 Å². The second-order valence-corrected chi connectivity index (χ2v) is 8.23. The molecule has 0 fully saturated rings. The second-order valence-electron chi connectivity index (χ2n) is 6.24. The summed E-state index contributed by atoms with van der Waals surface area (Å²) < 4.78 is 24.9. The van der Waals surface area contributed by atoms with E-state index in [9.17, 15) is 13.2 Å². The molecule has 0 saturated carbocycles. The lowest BCUT2D eigenvalue weighted by molar-refractivity contribution is 0.102. The number of aromatic nitrogens is 3. The van der Waals surface area contributed by atoms with Crippen LogP contribution in [0.4, 0.5) is 5.82 Å². The van der Waals surface area contributed by atoms with Crippen molar-refractivity contribution in [1.29, 1.82) is 0 Å². The Morgan fingerprint density at radius 1 is 1.27 bits per heavy atom. The molecule has 26 heavy (non-hydrogen) atoms. The van der Waals surface area contributed by atoms with Crippen molar-refractivity contribution < 1.29 is 13.2 Å². The fourth-order valence-corrected chi connectivity index (χ4v) is 3.98. The number of nitrogens with one attached hydrogen (secondary N) is 2. The molecule has 3 aromatic rings. The van der Waals surface area contributed by atoms with Crippen molar-refractivity contribution in [1.82, 2.24) is 19.5 Å². The first-order valence-corrected chi connectivity index (χ1v) is 9.93. The number of amides is 1. The predicted octanol–water partition coefficient (Wildman–Crippen LogP) is 1.53. The van der Waals surface area contributed by atoms with E-state index in [1.165, 1.54) is 16.8 Å². The van der Waals surface area contributed by atoms with Gasteiger partial charge in [0.2, 0.25) is 10.0 Å². The van der Waals surface area contributed by atoms with Gasteiger partial charge in [0.15, 0.2) is 5.82 Å². The molecule has 0 spiro atoms. The SMILES string of the molecule is CS(=O)(=O)N1CCc2c(cncc2C(=O)Nc2n[nH]c3ccccc23)C1. The highest BCUT2D eigenvalue weighted by molar-refractivity contribution is 7.88. The van der Waals surface area contributed by atoms with E-state index in [1.807, 2.05) is 24.3 Å². The minimum absolute atomic E-state index is 0.230. The third-order valence-corrected chi connectivity index (χ3v) is 5.77. The van der Waals surface area contributed by atoms with Crippen LogP contribution in [0, 0.1) is 0 Å². The summed E-state index contributed by atoms with van der Waals surface area (Å²) in [6.45, 7) is 0.578. The number of anilines is 1. The molecule has 0 saturated heterocycles. The first kappa shape index (κ1) is 16.7. The van der Waals surface area contributed by atoms with Crippen LogP contribution in [0.3, 0.4) is 0 Å². The molecule has 3 heterocycles. The van der Waals surface area contributed by atoms with Gasteiger partial charge in [-0.25, -0.2) is 8.42 Å². The number of hydrogen-bond donors (Lipinski definition) is 2. The molecule has 0 radical (unpaired) electrons. The molecule has 1 aliphatic heterocycles. The number of H-pyrrole nitrogens is 1. The Balaban J connectivity index is 1.64. The van der Waals surface area contributed by atoms with Crippen LogP contribution in [0.25, 0.3) is 10.9 Å². The van der Waals surface area contributed by atoms with Crippen LogP contribution in [0.1, 0.15) is 21.5 Å². The summed E-state index contributed by atoms with van der Waals surface area (Å²) in [6.07, 6.45) is 4.78. The number of rotatable bonds is 3. The molecule has 0 aliphatic carbocycles. The summed E-state index contributed by atoms with van der Waals surface area (Å²) in [5, 5.41) is 10.7. The van der Waals surface area contributed by atoms with Gasteiger partial charge in [0.05, 0.1) is 17.3 Å². The molecule has 4 rings (SSSR count). The number of nitrogens with zero attached hydrogens (tertiary/aromatic N) is 3. The van der Waals surface area contributed by atoms with E-state index in [0.29, 0.717) is 24.3 Å². The van der Waals surface area contributed by atoms with E-state index < -0.39 is 10.0 Å². The lowest BCUT2D eigenvalue weighted by Gasteiger charge is -2.27. The molecule has 1 aliphatic rings. The molecule has 134 valence electrons. The van der Waals surface area contributed by atoms with Crippen LogP contribution in [0.5, 0.6) is 0 Å². The third-order valence-electron chi connectivity index (χ3n) is 4.52. The van der Waals surface area contributed by atoms with E-state index in [0.717, 1.165) is 22.0 Å². The maximum absolute atomic E-state index is 12.8. The molecule has 8 nitrogen and oxygen atoms in total. The van der Waals surface area contributed by atoms with E-state index >= 15 is 0 Å². The standard InChI is InChI=1S/C17H17N5O3S/c1-26(24,25)22-7-6-12-11(10-22)8-18-9-14(12)17(23)19-16-13-4-2-3-5-15(13)20-21-16/h2-5,8-9H,6-7,10H2,1H3,(H2,19,20,21,23). The molecular weight excluding hydrogens is 354 g/mol. The zero-order valence-electron chi connectivity index (χ0n) is 14.1. The molecular formula is C17H17N5O3S. The van der Waals surface area contributed by atoms with Gasteiger partial charge in [0, 0.05) is 30.9 Å². The number of hydrogen-bond acceptors (Lipinski definition) is 5. The van der Waals surface area contributed by atoms with Crippen LogP contribution in [-0.4, -0.2) is 46.6 Å². The number of para-hydroxylation sites is 1. The van der Waals surface area contributed by atoms with Crippen LogP contribution in [-0.2, 0) is 23.0 Å². The Kier molecular flexibility index (Phi) is 3.97. The Morgan fingerprint density at radius 3 is 2.88 bits per heavy atom. The zero-order chi connectivity index (χ0) is 18.3. The molecule has 0 bridgehead atoms. The van der Waals surface area contributed by atoms with Gasteiger partial charge < -0.3 is 5.32 Å². The van der Waals surface area contributed by atoms with Crippen molar-refractivity contribution >= 4 is 32.7 Å². The number of carbonyl (C=O) groups excluding carboxylic acids is 1. The highest BCUT2D eigenvalue weighted by atomic mass is 32.2. The topological polar surface area (TPSA) is 108 Å². The number of aromatic amines is 1. The Bertz CT molecular complexity index is 1110. The molecule has 2 aromatic heterocycles. The third kappa shape index (κ3) is 2.95. The predicted molar refractivity (Wildman–Crippen MR) is 97.2 cm³/mol. The number of fused-ring (bicyclic) bond motifs is 2. The number of carbonyl (C=O) groups is 1. The first-order valence-electron chi connectivity index (χ1n) is 8.09. The normalized spacial score (nSPS) is 15.0. The van der Waals surface area contributed by atoms with Crippen LogP contribution in [0.15, 0.2) is 36.7 Å². The van der Waals surface area contributed by atoms with Crippen molar-refractivity contribution in [3.05, 3.63) is 53.3 Å². The minimum Gasteiger partial charge on any atom is -0.305 e. The summed E-state index contributed by atoms with van der Waals surface area (Å²) >= 11 is 0. The van der Waals surface area contributed by atoms with Crippen LogP contribution in [0.2, 0.25) is 0 Å². The highest BCUT2D eigenvalue weighted by Crippen LogP contribution is 2.25. The maximum Gasteiger partial charge on any atom is 0.258 e. The minimum atomic E-state index is -3.28. The Labute approximate surface area is 150 Å². The van der Waals surface area contributed by atoms with E-state index in [4.69, 9.17) is 0 Å². The lowest BCUT2D eigenvalue weighted by atomic mass is 9.98.